The highest BCUT2D eigenvalue weighted by atomic mass is 32.1. The van der Waals surface area contributed by atoms with Gasteiger partial charge in [-0.2, -0.15) is 0 Å². The number of thiophene rings is 1. The Kier molecular flexibility index (Phi) is 5.78. The number of anilines is 3. The van der Waals surface area contributed by atoms with Crippen LogP contribution in [0.15, 0.2) is 168 Å². The molecule has 0 radical (unpaired) electrons. The van der Waals surface area contributed by atoms with Crippen LogP contribution in [0.2, 0.25) is 0 Å². The Morgan fingerprint density at radius 3 is 1.89 bits per heavy atom. The quantitative estimate of drug-likeness (QED) is 0.195. The number of hydrogen-bond donors (Lipinski definition) is 0. The Bertz CT molecular complexity index is 2790. The van der Waals surface area contributed by atoms with Crippen LogP contribution in [0, 0.1) is 0 Å². The molecule has 2 nitrogen and oxygen atoms in total. The molecule has 0 spiro atoms. The van der Waals surface area contributed by atoms with E-state index < -0.39 is 0 Å². The first-order chi connectivity index (χ1) is 23.3. The van der Waals surface area contributed by atoms with Gasteiger partial charge in [0.15, 0.2) is 0 Å². The van der Waals surface area contributed by atoms with Crippen LogP contribution in [0.4, 0.5) is 17.1 Å². The van der Waals surface area contributed by atoms with Gasteiger partial charge in [0.25, 0.3) is 0 Å². The van der Waals surface area contributed by atoms with Crippen LogP contribution in [0.25, 0.3) is 74.8 Å². The highest BCUT2D eigenvalue weighted by molar-refractivity contribution is 7.26. The Hall–Kier alpha value is -5.90. The van der Waals surface area contributed by atoms with Crippen molar-refractivity contribution in [3.63, 3.8) is 0 Å². The minimum absolute atomic E-state index is 0.956. The van der Waals surface area contributed by atoms with Crippen LogP contribution in [-0.2, 0) is 0 Å². The highest BCUT2D eigenvalue weighted by Gasteiger charge is 2.20. The molecule has 0 saturated carbocycles. The molecule has 47 heavy (non-hydrogen) atoms. The zero-order chi connectivity index (χ0) is 30.9. The first-order valence-corrected chi connectivity index (χ1v) is 16.7. The molecule has 10 aromatic rings. The number of nitrogens with zero attached hydrogens (tertiary/aromatic N) is 1. The zero-order valence-electron chi connectivity index (χ0n) is 25.4. The molecule has 0 fully saturated rings. The van der Waals surface area contributed by atoms with Crippen molar-refractivity contribution in [2.45, 2.75) is 0 Å². The molecule has 0 saturated heterocycles. The van der Waals surface area contributed by atoms with Gasteiger partial charge < -0.3 is 9.32 Å². The van der Waals surface area contributed by atoms with Gasteiger partial charge in [0.05, 0.1) is 5.69 Å². The maximum atomic E-state index is 6.82. The Morgan fingerprint density at radius 1 is 0.404 bits per heavy atom. The summed E-state index contributed by atoms with van der Waals surface area (Å²) in [5.74, 6) is 0. The molecule has 220 valence electrons. The fourth-order valence-corrected chi connectivity index (χ4v) is 8.30. The second kappa shape index (κ2) is 10.3. The number of benzene rings is 8. The average molecular weight is 618 g/mol. The lowest BCUT2D eigenvalue weighted by Crippen LogP contribution is -2.10. The predicted molar refractivity (Wildman–Crippen MR) is 202 cm³/mol. The minimum atomic E-state index is 0.956. The third kappa shape index (κ3) is 4.10. The van der Waals surface area contributed by atoms with Gasteiger partial charge >= 0.3 is 0 Å². The van der Waals surface area contributed by atoms with Crippen molar-refractivity contribution in [2.24, 2.45) is 0 Å². The lowest BCUT2D eigenvalue weighted by Gasteiger charge is -2.27. The first-order valence-electron chi connectivity index (χ1n) is 15.9. The molecule has 0 unspecified atom stereocenters. The average Bonchev–Trinajstić information content (AvgIpc) is 3.71. The lowest BCUT2D eigenvalue weighted by atomic mass is 10.0. The van der Waals surface area contributed by atoms with Gasteiger partial charge in [-0.25, -0.2) is 0 Å². The van der Waals surface area contributed by atoms with Gasteiger partial charge in [-0.05, 0) is 76.5 Å². The fraction of sp³-hybridized carbons (Fsp3) is 0. The third-order valence-corrected chi connectivity index (χ3v) is 10.6. The zero-order valence-corrected chi connectivity index (χ0v) is 26.2. The van der Waals surface area contributed by atoms with E-state index in [4.69, 9.17) is 4.42 Å². The van der Waals surface area contributed by atoms with Gasteiger partial charge in [-0.3, -0.25) is 0 Å². The van der Waals surface area contributed by atoms with Gasteiger partial charge in [-0.15, -0.1) is 11.3 Å². The number of fused-ring (bicyclic) bond motifs is 10. The van der Waals surface area contributed by atoms with E-state index in [1.165, 1.54) is 47.5 Å². The molecule has 10 rings (SSSR count). The standard InChI is InChI=1S/C44H27NOS/c1-2-9-28(10-3-1)29-17-20-32(21-18-29)45(39-16-8-13-30-11-4-6-14-34(30)39)33-22-25-40-38(27-33)42-41(47-40)26-24-37-36-23-19-31-12-5-7-15-35(31)43(36)46-44(37)42/h1-27H. The second-order valence-electron chi connectivity index (χ2n) is 12.1. The summed E-state index contributed by atoms with van der Waals surface area (Å²) in [5, 5.41) is 9.48. The summed E-state index contributed by atoms with van der Waals surface area (Å²) in [6.45, 7) is 0. The lowest BCUT2D eigenvalue weighted by molar-refractivity contribution is 0.677. The monoisotopic (exact) mass is 617 g/mol. The van der Waals surface area contributed by atoms with Crippen LogP contribution in [0.3, 0.4) is 0 Å². The van der Waals surface area contributed by atoms with Gasteiger partial charge in [0.2, 0.25) is 0 Å². The summed E-state index contributed by atoms with van der Waals surface area (Å²) in [6.07, 6.45) is 0. The van der Waals surface area contributed by atoms with E-state index >= 15 is 0 Å². The van der Waals surface area contributed by atoms with E-state index in [0.29, 0.717) is 0 Å². The van der Waals surface area contributed by atoms with Crippen molar-refractivity contribution < 1.29 is 4.42 Å². The molecule has 0 aliphatic rings. The SMILES string of the molecule is c1ccc(-c2ccc(N(c3ccc4sc5ccc6c7ccc8ccccc8c7oc6c5c4c3)c3cccc4ccccc34)cc2)cc1. The summed E-state index contributed by atoms with van der Waals surface area (Å²) in [5.41, 5.74) is 7.70. The van der Waals surface area contributed by atoms with E-state index in [-0.39, 0.29) is 0 Å². The molecular formula is C44H27NOS. The maximum Gasteiger partial charge on any atom is 0.144 e. The largest absolute Gasteiger partial charge is 0.455 e. The van der Waals surface area contributed by atoms with E-state index in [1.807, 2.05) is 11.3 Å². The van der Waals surface area contributed by atoms with Crippen LogP contribution in [-0.4, -0.2) is 0 Å². The number of hydrogen-bond acceptors (Lipinski definition) is 3. The summed E-state index contributed by atoms with van der Waals surface area (Å²) in [7, 11) is 0. The molecule has 0 aliphatic carbocycles. The second-order valence-corrected chi connectivity index (χ2v) is 13.2. The Balaban J connectivity index is 1.22. The normalized spacial score (nSPS) is 11.8. The molecule has 8 aromatic carbocycles. The third-order valence-electron chi connectivity index (χ3n) is 9.44. The van der Waals surface area contributed by atoms with Gasteiger partial charge in [-0.1, -0.05) is 109 Å². The van der Waals surface area contributed by atoms with Crippen LogP contribution < -0.4 is 4.90 Å². The number of furan rings is 1. The minimum Gasteiger partial charge on any atom is -0.455 e. The summed E-state index contributed by atoms with van der Waals surface area (Å²) < 4.78 is 9.30. The maximum absolute atomic E-state index is 6.82. The predicted octanol–water partition coefficient (Wildman–Crippen LogP) is 13.4. The van der Waals surface area contributed by atoms with Gasteiger partial charge in [0.1, 0.15) is 11.2 Å². The molecule has 2 aromatic heterocycles. The summed E-state index contributed by atoms with van der Waals surface area (Å²) in [4.78, 5) is 2.40. The van der Waals surface area contributed by atoms with E-state index in [0.717, 1.165) is 44.4 Å². The molecule has 0 aliphatic heterocycles. The fourth-order valence-electron chi connectivity index (χ4n) is 7.21. The topological polar surface area (TPSA) is 16.4 Å². The summed E-state index contributed by atoms with van der Waals surface area (Å²) in [6, 6.07) is 59.0. The smallest absolute Gasteiger partial charge is 0.144 e. The van der Waals surface area contributed by atoms with Crippen molar-refractivity contribution in [1.29, 1.82) is 0 Å². The molecule has 0 N–H and O–H groups in total. The van der Waals surface area contributed by atoms with Crippen molar-refractivity contribution >= 4 is 92.1 Å². The van der Waals surface area contributed by atoms with Crippen LogP contribution in [0.1, 0.15) is 0 Å². The summed E-state index contributed by atoms with van der Waals surface area (Å²) >= 11 is 1.83. The van der Waals surface area contributed by atoms with Crippen molar-refractivity contribution in [2.75, 3.05) is 4.90 Å². The van der Waals surface area contributed by atoms with E-state index in [2.05, 4.69) is 169 Å². The van der Waals surface area contributed by atoms with Crippen LogP contribution >= 0.6 is 11.3 Å². The Labute approximate surface area is 275 Å². The Morgan fingerprint density at radius 2 is 1.04 bits per heavy atom. The van der Waals surface area contributed by atoms with Crippen LogP contribution in [0.5, 0.6) is 0 Å². The molecule has 0 amide bonds. The van der Waals surface area contributed by atoms with Gasteiger partial charge in [0, 0.05) is 53.1 Å². The molecule has 2 heterocycles. The van der Waals surface area contributed by atoms with Crippen molar-refractivity contribution in [1.82, 2.24) is 0 Å². The van der Waals surface area contributed by atoms with E-state index in [1.54, 1.807) is 0 Å². The van der Waals surface area contributed by atoms with Crippen molar-refractivity contribution in [3.8, 4) is 11.1 Å². The molecule has 3 heteroatoms. The molecule has 0 bridgehead atoms. The van der Waals surface area contributed by atoms with Crippen molar-refractivity contribution in [3.05, 3.63) is 164 Å². The molecular weight excluding hydrogens is 591 g/mol. The number of rotatable bonds is 4. The first kappa shape index (κ1) is 26.3. The van der Waals surface area contributed by atoms with E-state index in [9.17, 15) is 0 Å². The molecule has 0 atom stereocenters. The highest BCUT2D eigenvalue weighted by Crippen LogP contribution is 2.46.